The fraction of sp³-hybridized carbons (Fsp3) is 0.222. The van der Waals surface area contributed by atoms with E-state index < -0.39 is 12.1 Å². The van der Waals surface area contributed by atoms with Crippen LogP contribution in [0.4, 0.5) is 4.79 Å². The van der Waals surface area contributed by atoms with Gasteiger partial charge in [-0.05, 0) is 11.6 Å². The zero-order valence-corrected chi connectivity index (χ0v) is 13.8. The third kappa shape index (κ3) is 6.55. The molecule has 0 radical (unpaired) electrons. The maximum Gasteiger partial charge on any atom is 0.407 e. The summed E-state index contributed by atoms with van der Waals surface area (Å²) in [6, 6.07) is 11.2. The van der Waals surface area contributed by atoms with Crippen molar-refractivity contribution in [3.05, 3.63) is 57.8 Å². The Kier molecular flexibility index (Phi) is 6.87. The van der Waals surface area contributed by atoms with Crippen LogP contribution in [0.3, 0.4) is 0 Å². The molecule has 2 aromatic rings. The van der Waals surface area contributed by atoms with E-state index in [0.717, 1.165) is 16.0 Å². The second kappa shape index (κ2) is 9.38. The largest absolute Gasteiger partial charge is 0.481 e. The molecule has 124 valence electrons. The van der Waals surface area contributed by atoms with Crippen LogP contribution < -0.4 is 5.32 Å². The lowest BCUT2D eigenvalue weighted by Crippen LogP contribution is -2.24. The molecule has 1 aromatic carbocycles. The predicted molar refractivity (Wildman–Crippen MR) is 91.8 cm³/mol. The van der Waals surface area contributed by atoms with E-state index in [2.05, 4.69) is 17.2 Å². The summed E-state index contributed by atoms with van der Waals surface area (Å²) in [5.74, 6) is 5.03. The average molecular weight is 343 g/mol. The van der Waals surface area contributed by atoms with Gasteiger partial charge in [-0.3, -0.25) is 4.79 Å². The molecule has 2 N–H and O–H groups in total. The van der Waals surface area contributed by atoms with Crippen LogP contribution in [-0.4, -0.2) is 23.7 Å². The van der Waals surface area contributed by atoms with Crippen molar-refractivity contribution in [1.82, 2.24) is 5.32 Å². The summed E-state index contributed by atoms with van der Waals surface area (Å²) in [6.07, 6.45) is 0.0334. The number of aliphatic carboxylic acids is 1. The molecule has 1 aromatic heterocycles. The smallest absolute Gasteiger partial charge is 0.407 e. The van der Waals surface area contributed by atoms with Crippen molar-refractivity contribution in [3.63, 3.8) is 0 Å². The number of thiophene rings is 1. The summed E-state index contributed by atoms with van der Waals surface area (Å²) in [5.41, 5.74) is 1.73. The first-order valence-corrected chi connectivity index (χ1v) is 8.24. The van der Waals surface area contributed by atoms with E-state index in [0.29, 0.717) is 13.0 Å². The highest BCUT2D eigenvalue weighted by Gasteiger charge is 2.03. The Morgan fingerprint density at radius 1 is 1.25 bits per heavy atom. The van der Waals surface area contributed by atoms with Crippen molar-refractivity contribution in [3.8, 4) is 11.8 Å². The summed E-state index contributed by atoms with van der Waals surface area (Å²) in [7, 11) is 0. The Labute approximate surface area is 144 Å². The Balaban J connectivity index is 1.65. The highest BCUT2D eigenvalue weighted by molar-refractivity contribution is 7.10. The van der Waals surface area contributed by atoms with Gasteiger partial charge in [0.25, 0.3) is 0 Å². The van der Waals surface area contributed by atoms with Gasteiger partial charge >= 0.3 is 12.1 Å². The molecule has 6 heteroatoms. The zero-order valence-electron chi connectivity index (χ0n) is 13.0. The molecule has 1 heterocycles. The fourth-order valence-electron chi connectivity index (χ4n) is 1.85. The highest BCUT2D eigenvalue weighted by Crippen LogP contribution is 2.14. The molecule has 0 spiro atoms. The first-order chi connectivity index (χ1) is 11.6. The molecule has 0 saturated carbocycles. The number of hydrogen-bond acceptors (Lipinski definition) is 4. The number of carbonyl (C=O) groups excluding carboxylic acids is 1. The van der Waals surface area contributed by atoms with Crippen molar-refractivity contribution in [1.29, 1.82) is 0 Å². The molecular weight excluding hydrogens is 326 g/mol. The number of rotatable bonds is 6. The van der Waals surface area contributed by atoms with Gasteiger partial charge in [-0.1, -0.05) is 42.2 Å². The van der Waals surface area contributed by atoms with Crippen LogP contribution in [0.15, 0.2) is 41.8 Å². The first kappa shape index (κ1) is 17.6. The third-order valence-electron chi connectivity index (χ3n) is 2.94. The van der Waals surface area contributed by atoms with Gasteiger partial charge in [0.05, 0.1) is 6.42 Å². The Hall–Kier alpha value is -2.78. The van der Waals surface area contributed by atoms with E-state index in [9.17, 15) is 9.59 Å². The van der Waals surface area contributed by atoms with E-state index in [-0.39, 0.29) is 13.0 Å². The molecule has 5 nitrogen and oxygen atoms in total. The van der Waals surface area contributed by atoms with Crippen LogP contribution in [0, 0.1) is 11.8 Å². The number of alkyl carbamates (subject to hydrolysis) is 1. The standard InChI is InChI=1S/C18H17NO4S/c20-17(21)11-16-10-15(13-24-16)8-4-5-9-19-18(22)23-12-14-6-2-1-3-7-14/h1-3,6-7,10,13H,5,9,11-12H2,(H,19,22)(H,20,21). The molecule has 2 rings (SSSR count). The van der Waals surface area contributed by atoms with Gasteiger partial charge in [-0.15, -0.1) is 11.3 Å². The van der Waals surface area contributed by atoms with Gasteiger partial charge < -0.3 is 15.2 Å². The molecule has 0 aliphatic carbocycles. The molecule has 24 heavy (non-hydrogen) atoms. The highest BCUT2D eigenvalue weighted by atomic mass is 32.1. The number of carboxylic acids is 1. The molecule has 0 fully saturated rings. The van der Waals surface area contributed by atoms with Gasteiger partial charge in [0.2, 0.25) is 0 Å². The second-order valence-corrected chi connectivity index (χ2v) is 5.91. The summed E-state index contributed by atoms with van der Waals surface area (Å²) in [5, 5.41) is 13.2. The monoisotopic (exact) mass is 343 g/mol. The lowest BCUT2D eigenvalue weighted by molar-refractivity contribution is -0.136. The van der Waals surface area contributed by atoms with Crippen molar-refractivity contribution in [2.45, 2.75) is 19.4 Å². The fourth-order valence-corrected chi connectivity index (χ4v) is 2.66. The molecule has 0 bridgehead atoms. The number of ether oxygens (including phenoxy) is 1. The zero-order chi connectivity index (χ0) is 17.2. The summed E-state index contributed by atoms with van der Waals surface area (Å²) >= 11 is 1.38. The van der Waals surface area contributed by atoms with Crippen LogP contribution in [0.2, 0.25) is 0 Å². The van der Waals surface area contributed by atoms with E-state index in [1.54, 1.807) is 6.07 Å². The quantitative estimate of drug-likeness (QED) is 0.624. The Morgan fingerprint density at radius 3 is 2.79 bits per heavy atom. The average Bonchev–Trinajstić information content (AvgIpc) is 3.00. The molecule has 0 aliphatic heterocycles. The van der Waals surface area contributed by atoms with Gasteiger partial charge in [0.15, 0.2) is 0 Å². The van der Waals surface area contributed by atoms with E-state index in [1.165, 1.54) is 11.3 Å². The maximum atomic E-state index is 11.5. The number of amides is 1. The summed E-state index contributed by atoms with van der Waals surface area (Å²) < 4.78 is 5.08. The minimum atomic E-state index is -0.852. The van der Waals surface area contributed by atoms with Crippen molar-refractivity contribution >= 4 is 23.4 Å². The minimum Gasteiger partial charge on any atom is -0.481 e. The molecule has 0 aliphatic rings. The van der Waals surface area contributed by atoms with Gasteiger partial charge in [0.1, 0.15) is 6.61 Å². The predicted octanol–water partition coefficient (Wildman–Crippen LogP) is 3.04. The number of carboxylic acid groups (broad SMARTS) is 1. The Bertz CT molecular complexity index is 743. The summed E-state index contributed by atoms with van der Waals surface area (Å²) in [4.78, 5) is 22.9. The molecule has 0 unspecified atom stereocenters. The summed E-state index contributed by atoms with van der Waals surface area (Å²) in [6.45, 7) is 0.631. The second-order valence-electron chi connectivity index (χ2n) is 4.91. The molecular formula is C18H17NO4S. The van der Waals surface area contributed by atoms with Crippen LogP contribution >= 0.6 is 11.3 Å². The minimum absolute atomic E-state index is 0.0150. The number of carbonyl (C=O) groups is 2. The van der Waals surface area contributed by atoms with Crippen molar-refractivity contribution in [2.75, 3.05) is 6.54 Å². The molecule has 0 saturated heterocycles. The lowest BCUT2D eigenvalue weighted by atomic mass is 10.2. The number of benzene rings is 1. The van der Waals surface area contributed by atoms with Gasteiger partial charge in [-0.2, -0.15) is 0 Å². The third-order valence-corrected chi connectivity index (χ3v) is 3.88. The van der Waals surface area contributed by atoms with Crippen LogP contribution in [0.1, 0.15) is 22.4 Å². The van der Waals surface area contributed by atoms with Gasteiger partial charge in [0, 0.05) is 28.8 Å². The van der Waals surface area contributed by atoms with Crippen LogP contribution in [0.5, 0.6) is 0 Å². The van der Waals surface area contributed by atoms with Crippen LogP contribution in [0.25, 0.3) is 0 Å². The van der Waals surface area contributed by atoms with E-state index in [4.69, 9.17) is 9.84 Å². The Morgan fingerprint density at radius 2 is 2.04 bits per heavy atom. The molecule has 0 atom stereocenters. The molecule has 1 amide bonds. The maximum absolute atomic E-state index is 11.5. The van der Waals surface area contributed by atoms with E-state index in [1.807, 2.05) is 35.7 Å². The van der Waals surface area contributed by atoms with Crippen molar-refractivity contribution in [2.24, 2.45) is 0 Å². The lowest BCUT2D eigenvalue weighted by Gasteiger charge is -2.05. The normalized spacial score (nSPS) is 9.67. The first-order valence-electron chi connectivity index (χ1n) is 7.36. The number of hydrogen-bond donors (Lipinski definition) is 2. The van der Waals surface area contributed by atoms with Crippen LogP contribution in [-0.2, 0) is 22.6 Å². The topological polar surface area (TPSA) is 75.6 Å². The van der Waals surface area contributed by atoms with E-state index >= 15 is 0 Å². The number of nitrogens with one attached hydrogen (secondary N) is 1. The van der Waals surface area contributed by atoms with Crippen molar-refractivity contribution < 1.29 is 19.4 Å². The SMILES string of the molecule is O=C(O)Cc1cc(C#CCCNC(=O)OCc2ccccc2)cs1. The van der Waals surface area contributed by atoms with Gasteiger partial charge in [-0.25, -0.2) is 4.79 Å².